The normalized spacial score (nSPS) is 18.6. The minimum Gasteiger partial charge on any atom is -0.337 e. The molecule has 0 saturated carbocycles. The Morgan fingerprint density at radius 3 is 1.48 bits per heavy atom. The third-order valence-electron chi connectivity index (χ3n) is 10.4. The second-order valence-corrected chi connectivity index (χ2v) is 14.8. The van der Waals surface area contributed by atoms with Crippen molar-refractivity contribution in [2.45, 2.75) is 65.0 Å². The van der Waals surface area contributed by atoms with Crippen molar-refractivity contribution in [1.29, 1.82) is 0 Å². The van der Waals surface area contributed by atoms with Crippen LogP contribution in [0.3, 0.4) is 0 Å². The smallest absolute Gasteiger partial charge is 0.296 e. The van der Waals surface area contributed by atoms with Crippen molar-refractivity contribution in [2.24, 2.45) is 9.98 Å². The van der Waals surface area contributed by atoms with Gasteiger partial charge < -0.3 is 10.6 Å². The van der Waals surface area contributed by atoms with Crippen molar-refractivity contribution in [1.82, 2.24) is 30.2 Å². The molecule has 8 rings (SSSR count). The molecule has 2 N–H and O–H groups in total. The number of rotatable bonds is 8. The number of aromatic nitrogens is 4. The minimum atomic E-state index is -0.920. The number of benzene rings is 2. The van der Waals surface area contributed by atoms with Crippen LogP contribution in [0.5, 0.6) is 0 Å². The summed E-state index contributed by atoms with van der Waals surface area (Å²) in [5.74, 6) is -3.69. The second-order valence-electron chi connectivity index (χ2n) is 14.8. The number of aliphatic imine (C=N–C) groups is 2. The Kier molecular flexibility index (Phi) is 11.8. The molecule has 20 heteroatoms. The number of amides is 4. The topological polar surface area (TPSA) is 165 Å². The minimum absolute atomic E-state index is 0.0788. The van der Waals surface area contributed by atoms with Gasteiger partial charge in [-0.3, -0.25) is 38.1 Å². The number of carbonyl (C=O) groups is 4. The van der Waals surface area contributed by atoms with E-state index in [1.807, 2.05) is 26.0 Å². The van der Waals surface area contributed by atoms with E-state index in [1.165, 1.54) is 46.7 Å². The van der Waals surface area contributed by atoms with Crippen LogP contribution in [-0.4, -0.2) is 116 Å². The number of hydrogen-bond acceptors (Lipinski definition) is 8. The second kappa shape index (κ2) is 17.2. The van der Waals surface area contributed by atoms with E-state index in [1.54, 1.807) is 32.6 Å². The summed E-state index contributed by atoms with van der Waals surface area (Å²) in [6.45, 7) is 5.13. The molecule has 60 heavy (non-hydrogen) atoms. The van der Waals surface area contributed by atoms with Crippen molar-refractivity contribution in [3.63, 3.8) is 0 Å². The monoisotopic (exact) mass is 830 g/mol. The highest BCUT2D eigenvalue weighted by Gasteiger charge is 2.35. The first kappa shape index (κ1) is 41.3. The zero-order chi connectivity index (χ0) is 42.8. The molecule has 4 aliphatic rings. The zero-order valence-corrected chi connectivity index (χ0v) is 33.2. The standard InChI is InChI=1S/2C20H20F2N6O2/c2*1-12-8-17-26(2)20(30)15(6-7-28(17)25-12)24-19(29)16-10-27(11-23-16)9-13-4-3-5-14(21)18(13)22/h2*3-5,8,11,15H,6-7,9-10H2,1-2H3/p+2/t2*15-/m10/s1. The molecule has 2 aromatic carbocycles. The molecule has 4 aromatic rings. The number of nitrogens with one attached hydrogen (secondary N) is 2. The molecule has 0 spiro atoms. The van der Waals surface area contributed by atoms with E-state index in [0.29, 0.717) is 37.6 Å². The van der Waals surface area contributed by atoms with E-state index in [0.717, 1.165) is 23.5 Å². The molecule has 2 atom stereocenters. The Labute approximate surface area is 341 Å². The molecule has 2 aromatic heterocycles. The lowest BCUT2D eigenvalue weighted by molar-refractivity contribution is -0.522. The van der Waals surface area contributed by atoms with E-state index in [2.05, 4.69) is 30.8 Å². The third-order valence-corrected chi connectivity index (χ3v) is 10.4. The summed E-state index contributed by atoms with van der Waals surface area (Å²) in [7, 11) is 3.30. The fourth-order valence-corrected chi connectivity index (χ4v) is 7.21. The highest BCUT2D eigenvalue weighted by molar-refractivity contribution is 6.42. The van der Waals surface area contributed by atoms with Gasteiger partial charge in [-0.25, -0.2) is 26.9 Å². The maximum absolute atomic E-state index is 13.9. The predicted molar refractivity (Wildman–Crippen MR) is 211 cm³/mol. The number of nitrogens with zero attached hydrogens (tertiary/aromatic N) is 10. The van der Waals surface area contributed by atoms with Gasteiger partial charge in [0.05, 0.1) is 11.4 Å². The summed E-state index contributed by atoms with van der Waals surface area (Å²) in [5.41, 5.74) is 2.40. The summed E-state index contributed by atoms with van der Waals surface area (Å²) >= 11 is 0. The molecule has 0 unspecified atom stereocenters. The number of aryl methyl sites for hydroxylation is 4. The van der Waals surface area contributed by atoms with Crippen molar-refractivity contribution < 1.29 is 45.9 Å². The lowest BCUT2D eigenvalue weighted by Gasteiger charge is -2.20. The first-order valence-electron chi connectivity index (χ1n) is 19.1. The van der Waals surface area contributed by atoms with E-state index in [-0.39, 0.29) is 60.5 Å². The highest BCUT2D eigenvalue weighted by Crippen LogP contribution is 2.23. The molecular weight excluding hydrogens is 789 g/mol. The van der Waals surface area contributed by atoms with Gasteiger partial charge in [-0.05, 0) is 48.8 Å². The number of hydrogen-bond donors (Lipinski definition) is 2. The zero-order valence-electron chi connectivity index (χ0n) is 33.2. The fraction of sp³-hybridized carbons (Fsp3) is 0.350. The van der Waals surface area contributed by atoms with E-state index in [9.17, 15) is 36.7 Å². The molecule has 4 aliphatic heterocycles. The Morgan fingerprint density at radius 1 is 0.683 bits per heavy atom. The van der Waals surface area contributed by atoms with Gasteiger partial charge in [0.15, 0.2) is 36.4 Å². The molecule has 0 bridgehead atoms. The molecule has 0 radical (unpaired) electrons. The first-order valence-corrected chi connectivity index (χ1v) is 19.1. The molecule has 0 fully saturated rings. The van der Waals surface area contributed by atoms with Gasteiger partial charge in [0.2, 0.25) is 0 Å². The Morgan fingerprint density at radius 2 is 1.08 bits per heavy atom. The van der Waals surface area contributed by atoms with Crippen LogP contribution >= 0.6 is 0 Å². The lowest BCUT2D eigenvalue weighted by atomic mass is 10.1. The van der Waals surface area contributed by atoms with Gasteiger partial charge in [0.25, 0.3) is 47.7 Å². The SMILES string of the molecule is Cc1cc2n(n1)CC[C@@H](NC(=O)C1=NC=[N+](Cc3cccc(F)c3F)C1)C(=O)N2C.Cc1cc2n(n1)CC[C@H](NC(=O)C1=NC=[N+](Cc3cccc(F)c3F)C1)C(=O)N2C. The van der Waals surface area contributed by atoms with Crippen LogP contribution < -0.4 is 20.4 Å². The molecular formula is C40H42F4N12O4+2. The molecule has 312 valence electrons. The van der Waals surface area contributed by atoms with Gasteiger partial charge in [-0.15, -0.1) is 0 Å². The van der Waals surface area contributed by atoms with Crippen molar-refractivity contribution >= 4 is 59.4 Å². The first-order chi connectivity index (χ1) is 28.7. The lowest BCUT2D eigenvalue weighted by Crippen LogP contribution is -2.49. The number of fused-ring (bicyclic) bond motifs is 2. The maximum atomic E-state index is 13.9. The summed E-state index contributed by atoms with van der Waals surface area (Å²) in [5, 5.41) is 14.2. The summed E-state index contributed by atoms with van der Waals surface area (Å²) < 4.78 is 61.2. The Balaban J connectivity index is 0.000000181. The summed E-state index contributed by atoms with van der Waals surface area (Å²) in [6, 6.07) is 10.2. The molecule has 0 saturated heterocycles. The van der Waals surface area contributed by atoms with Crippen LogP contribution in [0.4, 0.5) is 29.2 Å². The van der Waals surface area contributed by atoms with E-state index < -0.39 is 47.2 Å². The van der Waals surface area contributed by atoms with Gasteiger partial charge in [0.1, 0.15) is 36.8 Å². The molecule has 6 heterocycles. The van der Waals surface area contributed by atoms with Crippen LogP contribution in [0, 0.1) is 37.1 Å². The maximum Gasteiger partial charge on any atom is 0.296 e. The quantitative estimate of drug-likeness (QED) is 0.204. The number of anilines is 2. The van der Waals surface area contributed by atoms with Crippen LogP contribution in [0.1, 0.15) is 35.4 Å². The molecule has 16 nitrogen and oxygen atoms in total. The number of likely N-dealkylation sites (N-methyl/N-ethyl adjacent to an activating group) is 2. The van der Waals surface area contributed by atoms with E-state index >= 15 is 0 Å². The molecule has 4 amide bonds. The average molecular weight is 831 g/mol. The van der Waals surface area contributed by atoms with Gasteiger partial charge in [-0.2, -0.15) is 10.2 Å². The third kappa shape index (κ3) is 8.76. The van der Waals surface area contributed by atoms with E-state index in [4.69, 9.17) is 0 Å². The van der Waals surface area contributed by atoms with Crippen molar-refractivity contribution in [2.75, 3.05) is 37.0 Å². The van der Waals surface area contributed by atoms with Crippen LogP contribution in [0.2, 0.25) is 0 Å². The van der Waals surface area contributed by atoms with Gasteiger partial charge >= 0.3 is 0 Å². The van der Waals surface area contributed by atoms with Gasteiger partial charge in [-0.1, -0.05) is 24.3 Å². The van der Waals surface area contributed by atoms with Gasteiger partial charge in [0, 0.05) is 50.4 Å². The van der Waals surface area contributed by atoms with Crippen LogP contribution in [0.25, 0.3) is 0 Å². The number of halogens is 4. The Bertz CT molecular complexity index is 2350. The molecule has 0 aliphatic carbocycles. The average Bonchev–Trinajstić information content (AvgIpc) is 4.03. The van der Waals surface area contributed by atoms with Crippen molar-refractivity contribution in [3.05, 3.63) is 94.3 Å². The van der Waals surface area contributed by atoms with Crippen LogP contribution in [0.15, 0.2) is 58.5 Å². The number of carbonyl (C=O) groups excluding carboxylic acids is 4. The predicted octanol–water partition coefficient (Wildman–Crippen LogP) is 2.03. The summed E-state index contributed by atoms with van der Waals surface area (Å²) in [6.07, 6.45) is 3.63. The van der Waals surface area contributed by atoms with Crippen LogP contribution in [-0.2, 0) is 45.4 Å². The summed E-state index contributed by atoms with van der Waals surface area (Å²) in [4.78, 5) is 62.0. The highest BCUT2D eigenvalue weighted by atomic mass is 19.2. The largest absolute Gasteiger partial charge is 0.337 e. The fourth-order valence-electron chi connectivity index (χ4n) is 7.21. The van der Waals surface area contributed by atoms with Crippen molar-refractivity contribution in [3.8, 4) is 0 Å². The Hall–Kier alpha value is -6.86.